The number of carbonyl (C=O) groups excluding carboxylic acids is 1. The van der Waals surface area contributed by atoms with Crippen LogP contribution in [0.3, 0.4) is 0 Å². The second-order valence-corrected chi connectivity index (χ2v) is 4.63. The first-order valence-corrected chi connectivity index (χ1v) is 5.53. The molecule has 0 spiro atoms. The monoisotopic (exact) mass is 239 g/mol. The zero-order valence-corrected chi connectivity index (χ0v) is 10.3. The van der Waals surface area contributed by atoms with Crippen LogP contribution in [0.2, 0.25) is 0 Å². The third-order valence-electron chi connectivity index (χ3n) is 2.60. The van der Waals surface area contributed by atoms with Gasteiger partial charge in [-0.25, -0.2) is 4.39 Å². The van der Waals surface area contributed by atoms with Crippen molar-refractivity contribution in [3.8, 4) is 0 Å². The van der Waals surface area contributed by atoms with Crippen LogP contribution in [0.15, 0.2) is 18.3 Å². The summed E-state index contributed by atoms with van der Waals surface area (Å²) in [6.45, 7) is 6.31. The molecular weight excluding hydrogens is 221 g/mol. The molecule has 4 nitrogen and oxygen atoms in total. The first-order chi connectivity index (χ1) is 7.86. The summed E-state index contributed by atoms with van der Waals surface area (Å²) in [4.78, 5) is 15.5. The number of primary amides is 1. The normalized spacial score (nSPS) is 14.6. The molecule has 5 heteroatoms. The van der Waals surface area contributed by atoms with Gasteiger partial charge in [-0.15, -0.1) is 0 Å². The summed E-state index contributed by atoms with van der Waals surface area (Å²) in [5, 5.41) is 3.07. The Labute approximate surface area is 100 Å². The molecule has 0 saturated carbocycles. The van der Waals surface area contributed by atoms with Crippen molar-refractivity contribution in [1.29, 1.82) is 0 Å². The summed E-state index contributed by atoms with van der Waals surface area (Å²) in [6, 6.07) is 2.73. The van der Waals surface area contributed by atoms with Gasteiger partial charge in [-0.1, -0.05) is 13.8 Å². The zero-order valence-electron chi connectivity index (χ0n) is 10.3. The van der Waals surface area contributed by atoms with Gasteiger partial charge >= 0.3 is 0 Å². The maximum atomic E-state index is 12.8. The van der Waals surface area contributed by atoms with Crippen LogP contribution in [0.1, 0.15) is 26.5 Å². The average molecular weight is 239 g/mol. The topological polar surface area (TPSA) is 68.0 Å². The summed E-state index contributed by atoms with van der Waals surface area (Å²) in [6.07, 6.45) is 1.08. The van der Waals surface area contributed by atoms with Gasteiger partial charge in [0, 0.05) is 0 Å². The van der Waals surface area contributed by atoms with Gasteiger partial charge in [0.2, 0.25) is 5.91 Å². The number of aromatic nitrogens is 1. The van der Waals surface area contributed by atoms with E-state index in [9.17, 15) is 9.18 Å². The molecule has 1 heterocycles. The van der Waals surface area contributed by atoms with Crippen LogP contribution in [0, 0.1) is 11.7 Å². The molecule has 1 aromatic rings. The van der Waals surface area contributed by atoms with Crippen molar-refractivity contribution in [3.05, 3.63) is 29.8 Å². The maximum absolute atomic E-state index is 12.8. The molecule has 17 heavy (non-hydrogen) atoms. The highest BCUT2D eigenvalue weighted by Crippen LogP contribution is 2.18. The van der Waals surface area contributed by atoms with E-state index in [2.05, 4.69) is 10.3 Å². The summed E-state index contributed by atoms with van der Waals surface area (Å²) < 4.78 is 12.8. The lowest BCUT2D eigenvalue weighted by molar-refractivity contribution is -0.124. The first-order valence-electron chi connectivity index (χ1n) is 5.53. The van der Waals surface area contributed by atoms with Crippen molar-refractivity contribution in [2.45, 2.75) is 26.3 Å². The fourth-order valence-electron chi connectivity index (χ4n) is 1.38. The lowest BCUT2D eigenvalue weighted by atomic mass is 9.95. The van der Waals surface area contributed by atoms with E-state index < -0.39 is 17.3 Å². The predicted molar refractivity (Wildman–Crippen MR) is 63.6 cm³/mol. The van der Waals surface area contributed by atoms with E-state index in [1.165, 1.54) is 12.1 Å². The Kier molecular flexibility index (Phi) is 4.17. The standard InChI is InChI=1S/C12H18FN3O/c1-8(2)6-16-12(3,11(14)17)10-5-4-9(13)7-15-10/h4-5,7-8,16H,6H2,1-3H3,(H2,14,17). The number of pyridine rings is 1. The quantitative estimate of drug-likeness (QED) is 0.810. The molecule has 0 saturated heterocycles. The summed E-state index contributed by atoms with van der Waals surface area (Å²) in [5.41, 5.74) is 4.74. The van der Waals surface area contributed by atoms with Crippen LogP contribution in [0.5, 0.6) is 0 Å². The van der Waals surface area contributed by atoms with Crippen molar-refractivity contribution in [2.75, 3.05) is 6.54 Å². The smallest absolute Gasteiger partial charge is 0.243 e. The van der Waals surface area contributed by atoms with Gasteiger partial charge in [-0.2, -0.15) is 0 Å². The van der Waals surface area contributed by atoms with Crippen molar-refractivity contribution in [2.24, 2.45) is 11.7 Å². The number of amides is 1. The zero-order chi connectivity index (χ0) is 13.1. The molecule has 0 fully saturated rings. The van der Waals surface area contributed by atoms with Gasteiger partial charge in [0.15, 0.2) is 0 Å². The predicted octanol–water partition coefficient (Wildman–Crippen LogP) is 1.17. The van der Waals surface area contributed by atoms with Crippen LogP contribution in [0.4, 0.5) is 4.39 Å². The van der Waals surface area contributed by atoms with E-state index in [4.69, 9.17) is 5.73 Å². The van der Waals surface area contributed by atoms with E-state index in [1.54, 1.807) is 6.92 Å². The minimum atomic E-state index is -1.07. The molecule has 1 amide bonds. The molecule has 0 aromatic carbocycles. The van der Waals surface area contributed by atoms with Crippen molar-refractivity contribution in [1.82, 2.24) is 10.3 Å². The summed E-state index contributed by atoms with van der Waals surface area (Å²) in [5.74, 6) is -0.601. The molecule has 1 unspecified atom stereocenters. The Morgan fingerprint density at radius 2 is 2.24 bits per heavy atom. The minimum absolute atomic E-state index is 0.370. The molecule has 1 aromatic heterocycles. The molecule has 0 aliphatic heterocycles. The molecule has 3 N–H and O–H groups in total. The number of nitrogens with one attached hydrogen (secondary N) is 1. The molecule has 1 atom stereocenters. The first kappa shape index (κ1) is 13.6. The number of hydrogen-bond acceptors (Lipinski definition) is 3. The Hall–Kier alpha value is -1.49. The number of rotatable bonds is 5. The fourth-order valence-corrected chi connectivity index (χ4v) is 1.38. The second-order valence-electron chi connectivity index (χ2n) is 4.63. The van der Waals surface area contributed by atoms with Gasteiger partial charge in [-0.3, -0.25) is 15.1 Å². The number of halogens is 1. The third-order valence-corrected chi connectivity index (χ3v) is 2.60. The van der Waals surface area contributed by atoms with E-state index >= 15 is 0 Å². The summed E-state index contributed by atoms with van der Waals surface area (Å²) >= 11 is 0. The van der Waals surface area contributed by atoms with Crippen LogP contribution >= 0.6 is 0 Å². The Bertz CT molecular complexity index is 391. The van der Waals surface area contributed by atoms with Gasteiger partial charge < -0.3 is 5.73 Å². The molecular formula is C12H18FN3O. The van der Waals surface area contributed by atoms with Crippen LogP contribution in [0.25, 0.3) is 0 Å². The SMILES string of the molecule is CC(C)CNC(C)(C(N)=O)c1ccc(F)cn1. The molecule has 0 bridgehead atoms. The maximum Gasteiger partial charge on any atom is 0.243 e. The number of hydrogen-bond donors (Lipinski definition) is 2. The van der Waals surface area contributed by atoms with Gasteiger partial charge in [0.05, 0.1) is 11.9 Å². The lowest BCUT2D eigenvalue weighted by Crippen LogP contribution is -2.51. The largest absolute Gasteiger partial charge is 0.368 e. The van der Waals surface area contributed by atoms with E-state index in [1.807, 2.05) is 13.8 Å². The number of nitrogens with zero attached hydrogens (tertiary/aromatic N) is 1. The average Bonchev–Trinajstić information content (AvgIpc) is 2.26. The van der Waals surface area contributed by atoms with Gasteiger partial charge in [-0.05, 0) is 31.5 Å². The molecule has 0 aliphatic rings. The van der Waals surface area contributed by atoms with E-state index in [0.29, 0.717) is 18.2 Å². The minimum Gasteiger partial charge on any atom is -0.368 e. The lowest BCUT2D eigenvalue weighted by Gasteiger charge is -2.27. The van der Waals surface area contributed by atoms with Crippen LogP contribution < -0.4 is 11.1 Å². The molecule has 0 aliphatic carbocycles. The van der Waals surface area contributed by atoms with Gasteiger partial charge in [0.1, 0.15) is 11.4 Å². The highest BCUT2D eigenvalue weighted by atomic mass is 19.1. The van der Waals surface area contributed by atoms with Crippen molar-refractivity contribution >= 4 is 5.91 Å². The highest BCUT2D eigenvalue weighted by Gasteiger charge is 2.34. The van der Waals surface area contributed by atoms with Crippen molar-refractivity contribution in [3.63, 3.8) is 0 Å². The molecule has 94 valence electrons. The molecule has 0 radical (unpaired) electrons. The number of carbonyl (C=O) groups is 1. The van der Waals surface area contributed by atoms with Crippen molar-refractivity contribution < 1.29 is 9.18 Å². The van der Waals surface area contributed by atoms with Crippen LogP contribution in [-0.4, -0.2) is 17.4 Å². The van der Waals surface area contributed by atoms with E-state index in [-0.39, 0.29) is 0 Å². The fraction of sp³-hybridized carbons (Fsp3) is 0.500. The summed E-state index contributed by atoms with van der Waals surface area (Å²) in [7, 11) is 0. The highest BCUT2D eigenvalue weighted by molar-refractivity contribution is 5.85. The Morgan fingerprint density at radius 3 is 2.65 bits per heavy atom. The van der Waals surface area contributed by atoms with E-state index in [0.717, 1.165) is 6.20 Å². The third kappa shape index (κ3) is 3.23. The molecule has 1 rings (SSSR count). The number of nitrogens with two attached hydrogens (primary N) is 1. The van der Waals surface area contributed by atoms with Crippen LogP contribution in [-0.2, 0) is 10.3 Å². The van der Waals surface area contributed by atoms with Gasteiger partial charge in [0.25, 0.3) is 0 Å². The Morgan fingerprint density at radius 1 is 1.59 bits per heavy atom. The Balaban J connectivity index is 2.98. The second kappa shape index (κ2) is 5.23.